The topological polar surface area (TPSA) is 130 Å². The number of nitrogens with two attached hydrogens (primary N) is 1. The van der Waals surface area contributed by atoms with Crippen LogP contribution in [0.2, 0.25) is 0 Å². The van der Waals surface area contributed by atoms with Crippen LogP contribution in [0.4, 0.5) is 0 Å². The van der Waals surface area contributed by atoms with Gasteiger partial charge in [-0.2, -0.15) is 10.2 Å². The van der Waals surface area contributed by atoms with Gasteiger partial charge in [0.2, 0.25) is 5.91 Å². The summed E-state index contributed by atoms with van der Waals surface area (Å²) in [5, 5.41) is 18.6. The first-order valence-electron chi connectivity index (χ1n) is 11.9. The van der Waals surface area contributed by atoms with E-state index in [-0.39, 0.29) is 18.6 Å². The zero-order chi connectivity index (χ0) is 25.5. The van der Waals surface area contributed by atoms with Crippen LogP contribution in [0.3, 0.4) is 0 Å². The first kappa shape index (κ1) is 24.6. The lowest BCUT2D eigenvalue weighted by molar-refractivity contribution is -0.125. The predicted molar refractivity (Wildman–Crippen MR) is 134 cm³/mol. The van der Waals surface area contributed by atoms with Gasteiger partial charge >= 0.3 is 0 Å². The monoisotopic (exact) mass is 478 g/mol. The summed E-state index contributed by atoms with van der Waals surface area (Å²) in [6, 6.07) is 0.149. The van der Waals surface area contributed by atoms with Gasteiger partial charge in [-0.05, 0) is 58.1 Å². The minimum atomic E-state index is -0.902. The summed E-state index contributed by atoms with van der Waals surface area (Å²) in [7, 11) is 0. The Labute approximate surface area is 205 Å². The summed E-state index contributed by atoms with van der Waals surface area (Å²) in [5.41, 5.74) is 8.55. The van der Waals surface area contributed by atoms with Crippen molar-refractivity contribution in [3.05, 3.63) is 48.0 Å². The Hall–Kier alpha value is -3.53. The highest BCUT2D eigenvalue weighted by Gasteiger charge is 2.29. The lowest BCUT2D eigenvalue weighted by Crippen LogP contribution is -2.41. The van der Waals surface area contributed by atoms with Crippen molar-refractivity contribution in [2.45, 2.75) is 66.1 Å². The van der Waals surface area contributed by atoms with E-state index in [1.165, 1.54) is 0 Å². The molecule has 1 unspecified atom stereocenters. The molecule has 0 spiro atoms. The summed E-state index contributed by atoms with van der Waals surface area (Å²) in [6.45, 7) is 12.1. The smallest absolute Gasteiger partial charge is 0.244 e. The first-order valence-corrected chi connectivity index (χ1v) is 11.9. The zero-order valence-electron chi connectivity index (χ0n) is 21.2. The number of hydrogen-bond donors (Lipinski definition) is 2. The molecule has 0 saturated heterocycles. The maximum Gasteiger partial charge on any atom is 0.244 e. The highest BCUT2D eigenvalue weighted by atomic mass is 16.3. The lowest BCUT2D eigenvalue weighted by atomic mass is 9.86. The van der Waals surface area contributed by atoms with Crippen molar-refractivity contribution in [1.82, 2.24) is 34.1 Å². The average Bonchev–Trinajstić information content (AvgIpc) is 3.52. The van der Waals surface area contributed by atoms with Crippen LogP contribution < -0.4 is 5.73 Å². The Morgan fingerprint density at radius 1 is 1.23 bits per heavy atom. The van der Waals surface area contributed by atoms with E-state index in [4.69, 9.17) is 10.7 Å². The number of aromatic nitrogens is 7. The number of imidazole rings is 1. The van der Waals surface area contributed by atoms with Gasteiger partial charge in [0.15, 0.2) is 5.82 Å². The Bertz CT molecular complexity index is 1300. The molecule has 0 fully saturated rings. The molecule has 0 aliphatic heterocycles. The molecule has 1 aliphatic carbocycles. The van der Waals surface area contributed by atoms with Crippen LogP contribution in [0.25, 0.3) is 22.7 Å². The number of aliphatic hydroxyl groups excluding tert-OH is 1. The van der Waals surface area contributed by atoms with Crippen LogP contribution in [0.1, 0.15) is 64.3 Å². The molecule has 3 aromatic heterocycles. The van der Waals surface area contributed by atoms with Crippen LogP contribution in [-0.4, -0.2) is 51.7 Å². The second-order valence-electron chi connectivity index (χ2n) is 9.90. The van der Waals surface area contributed by atoms with Crippen molar-refractivity contribution in [1.29, 1.82) is 0 Å². The molecular formula is C25H34N8O2. The minimum Gasteiger partial charge on any atom is -0.395 e. The lowest BCUT2D eigenvalue weighted by Gasteiger charge is -2.22. The molecule has 1 amide bonds. The number of hydrogen-bond acceptors (Lipinski definition) is 6. The fraction of sp³-hybridized carbons (Fsp3) is 0.480. The number of aliphatic hydroxyl groups is 1. The summed E-state index contributed by atoms with van der Waals surface area (Å²) < 4.78 is 5.48. The fourth-order valence-corrected chi connectivity index (χ4v) is 4.28. The Kier molecular flexibility index (Phi) is 6.50. The molecule has 3 N–H and O–H groups in total. The largest absolute Gasteiger partial charge is 0.395 e. The molecule has 3 heterocycles. The van der Waals surface area contributed by atoms with Crippen LogP contribution in [-0.2, 0) is 16.9 Å². The van der Waals surface area contributed by atoms with Crippen LogP contribution in [0.5, 0.6) is 0 Å². The Morgan fingerprint density at radius 2 is 1.97 bits per heavy atom. The molecule has 1 aliphatic rings. The van der Waals surface area contributed by atoms with E-state index in [1.54, 1.807) is 24.7 Å². The van der Waals surface area contributed by atoms with Crippen molar-refractivity contribution in [3.63, 3.8) is 0 Å². The highest BCUT2D eigenvalue weighted by Crippen LogP contribution is 2.37. The molecule has 0 saturated carbocycles. The number of allylic oxidation sites excluding steroid dienone is 4. The Morgan fingerprint density at radius 3 is 2.60 bits per heavy atom. The SMILES string of the molecule is Cc1nc(-c2cn(CCO)c(C3=CC=C(c4cnn(C(C)(C)C(N)=O)c4)CC3C)n2)n(C(C)C)n1. The quantitative estimate of drug-likeness (QED) is 0.512. The third-order valence-corrected chi connectivity index (χ3v) is 6.48. The van der Waals surface area contributed by atoms with Crippen molar-refractivity contribution in [2.24, 2.45) is 11.7 Å². The number of primary amides is 1. The third-order valence-electron chi connectivity index (χ3n) is 6.48. The third kappa shape index (κ3) is 4.58. The van der Waals surface area contributed by atoms with Crippen LogP contribution >= 0.6 is 0 Å². The zero-order valence-corrected chi connectivity index (χ0v) is 21.2. The number of rotatable bonds is 8. The molecule has 4 rings (SSSR count). The van der Waals surface area contributed by atoms with Gasteiger partial charge in [0.1, 0.15) is 22.9 Å². The van der Waals surface area contributed by atoms with Gasteiger partial charge in [-0.25, -0.2) is 14.6 Å². The fourth-order valence-electron chi connectivity index (χ4n) is 4.28. The summed E-state index contributed by atoms with van der Waals surface area (Å²) in [4.78, 5) is 21.4. The van der Waals surface area contributed by atoms with E-state index in [0.717, 1.165) is 40.5 Å². The van der Waals surface area contributed by atoms with E-state index in [0.29, 0.717) is 12.4 Å². The van der Waals surface area contributed by atoms with Gasteiger partial charge in [-0.15, -0.1) is 0 Å². The van der Waals surface area contributed by atoms with Crippen molar-refractivity contribution in [3.8, 4) is 11.5 Å². The standard InChI is InChI=1S/C25H34N8O2/c1-15(2)33-23(28-17(4)30-33)21-14-31(9-10-34)22(29-21)20-8-7-18(11-16(20)3)19-12-27-32(13-19)25(5,6)24(26)35/h7-8,12-16,34H,9-11H2,1-6H3,(H2,26,35). The van der Waals surface area contributed by atoms with Crippen molar-refractivity contribution < 1.29 is 9.90 Å². The number of aryl methyl sites for hydroxylation is 1. The van der Waals surface area contributed by atoms with Gasteiger partial charge in [0, 0.05) is 30.5 Å². The van der Waals surface area contributed by atoms with Crippen molar-refractivity contribution in [2.75, 3.05) is 6.61 Å². The van der Waals surface area contributed by atoms with Crippen LogP contribution in [0, 0.1) is 12.8 Å². The maximum atomic E-state index is 11.8. The second kappa shape index (κ2) is 9.26. The van der Waals surface area contributed by atoms with E-state index in [9.17, 15) is 9.90 Å². The van der Waals surface area contributed by atoms with E-state index in [1.807, 2.05) is 28.6 Å². The number of carbonyl (C=O) groups is 1. The predicted octanol–water partition coefficient (Wildman–Crippen LogP) is 2.95. The molecule has 0 radical (unpaired) electrons. The maximum absolute atomic E-state index is 11.8. The van der Waals surface area contributed by atoms with Gasteiger partial charge in [0.05, 0.1) is 12.8 Å². The normalized spacial score (nSPS) is 16.5. The van der Waals surface area contributed by atoms with E-state index in [2.05, 4.69) is 48.1 Å². The number of amides is 1. The number of nitrogens with zero attached hydrogens (tertiary/aromatic N) is 7. The van der Waals surface area contributed by atoms with E-state index >= 15 is 0 Å². The second-order valence-corrected chi connectivity index (χ2v) is 9.90. The van der Waals surface area contributed by atoms with Crippen molar-refractivity contribution >= 4 is 17.1 Å². The Balaban J connectivity index is 1.71. The molecule has 35 heavy (non-hydrogen) atoms. The van der Waals surface area contributed by atoms with Gasteiger partial charge in [-0.3, -0.25) is 9.48 Å². The van der Waals surface area contributed by atoms with E-state index < -0.39 is 11.4 Å². The molecule has 0 aromatic carbocycles. The summed E-state index contributed by atoms with van der Waals surface area (Å²) in [5.74, 6) is 1.98. The summed E-state index contributed by atoms with van der Waals surface area (Å²) in [6.07, 6.45) is 10.5. The number of carbonyl (C=O) groups excluding carboxylic acids is 1. The molecule has 1 atom stereocenters. The molecule has 186 valence electrons. The molecule has 0 bridgehead atoms. The molecule has 3 aromatic rings. The summed E-state index contributed by atoms with van der Waals surface area (Å²) >= 11 is 0. The highest BCUT2D eigenvalue weighted by molar-refractivity contribution is 5.82. The first-order chi connectivity index (χ1) is 16.5. The molecule has 10 nitrogen and oxygen atoms in total. The average molecular weight is 479 g/mol. The minimum absolute atomic E-state index is 0.0102. The molecule has 10 heteroatoms. The van der Waals surface area contributed by atoms with Gasteiger partial charge < -0.3 is 15.4 Å². The van der Waals surface area contributed by atoms with Crippen LogP contribution in [0.15, 0.2) is 30.7 Å². The molecular weight excluding hydrogens is 444 g/mol. The van der Waals surface area contributed by atoms with Gasteiger partial charge in [-0.1, -0.05) is 19.1 Å². The van der Waals surface area contributed by atoms with Gasteiger partial charge in [0.25, 0.3) is 0 Å².